The van der Waals surface area contributed by atoms with Gasteiger partial charge in [-0.25, -0.2) is 0 Å². The van der Waals surface area contributed by atoms with Gasteiger partial charge in [0.1, 0.15) is 17.4 Å². The molecule has 0 radical (unpaired) electrons. The number of aromatic hydroxyl groups is 1. The molecule has 0 spiro atoms. The molecule has 1 aromatic carbocycles. The molecule has 0 aliphatic carbocycles. The first-order chi connectivity index (χ1) is 8.67. The minimum atomic E-state index is -0.514. The molecule has 0 aliphatic heterocycles. The number of phenolic OH excluding ortho intramolecular Hbond substituents is 1. The van der Waals surface area contributed by atoms with Crippen molar-refractivity contribution in [1.29, 1.82) is 5.26 Å². The van der Waals surface area contributed by atoms with Gasteiger partial charge in [0, 0.05) is 18.4 Å². The Morgan fingerprint density at radius 2 is 2.11 bits per heavy atom. The molecule has 0 aromatic heterocycles. The minimum absolute atomic E-state index is 0.0371. The summed E-state index contributed by atoms with van der Waals surface area (Å²) >= 11 is 0. The van der Waals surface area contributed by atoms with Crippen molar-refractivity contribution in [2.24, 2.45) is 0 Å². The Kier molecular flexibility index (Phi) is 5.00. The predicted octanol–water partition coefficient (Wildman–Crippen LogP) is 1.51. The van der Waals surface area contributed by atoms with Crippen LogP contribution in [0.2, 0.25) is 0 Å². The van der Waals surface area contributed by atoms with Gasteiger partial charge in [-0.3, -0.25) is 4.79 Å². The van der Waals surface area contributed by atoms with Crippen molar-refractivity contribution in [2.45, 2.75) is 0 Å². The molecule has 18 heavy (non-hydrogen) atoms. The van der Waals surface area contributed by atoms with Gasteiger partial charge in [-0.1, -0.05) is 6.08 Å². The molecule has 1 amide bonds. The van der Waals surface area contributed by atoms with Gasteiger partial charge in [0.25, 0.3) is 5.91 Å². The highest BCUT2D eigenvalue weighted by Gasteiger charge is 2.08. The summed E-state index contributed by atoms with van der Waals surface area (Å²) in [6.45, 7) is 3.98. The second-order valence-electron chi connectivity index (χ2n) is 3.37. The largest absolute Gasteiger partial charge is 0.508 e. The molecule has 0 unspecified atom stereocenters. The third-order valence-electron chi connectivity index (χ3n) is 2.00. The maximum atomic E-state index is 11.7. The number of carbonyl (C=O) groups is 1. The smallest absolute Gasteiger partial charge is 0.267 e. The van der Waals surface area contributed by atoms with Gasteiger partial charge in [-0.05, 0) is 24.3 Å². The number of hydrogen-bond donors (Lipinski definition) is 3. The lowest BCUT2D eigenvalue weighted by Gasteiger charge is -2.04. The fourth-order valence-corrected chi connectivity index (χ4v) is 1.14. The van der Waals surface area contributed by atoms with Crippen LogP contribution in [0.1, 0.15) is 0 Å². The standard InChI is InChI=1S/C13H13N3O2/c1-2-7-15-9-10(8-14)13(18)16-11-3-5-12(17)6-4-11/h2-6,9,15,17H,1,7H2,(H,16,18)/b10-9-. The Morgan fingerprint density at radius 3 is 2.67 bits per heavy atom. The molecule has 0 saturated carbocycles. The van der Waals surface area contributed by atoms with Crippen LogP contribution < -0.4 is 10.6 Å². The van der Waals surface area contributed by atoms with Gasteiger partial charge in [0.2, 0.25) is 0 Å². The predicted molar refractivity (Wildman–Crippen MR) is 68.6 cm³/mol. The summed E-state index contributed by atoms with van der Waals surface area (Å²) in [5.41, 5.74) is 0.465. The van der Waals surface area contributed by atoms with E-state index in [1.165, 1.54) is 18.3 Å². The van der Waals surface area contributed by atoms with Crippen LogP contribution in [0.15, 0.2) is 48.7 Å². The summed E-state index contributed by atoms with van der Waals surface area (Å²) < 4.78 is 0. The van der Waals surface area contributed by atoms with Gasteiger partial charge in [-0.15, -0.1) is 6.58 Å². The number of carbonyl (C=O) groups excluding carboxylic acids is 1. The van der Waals surface area contributed by atoms with Crippen molar-refractivity contribution in [3.05, 3.63) is 48.7 Å². The van der Waals surface area contributed by atoms with Gasteiger partial charge < -0.3 is 15.7 Å². The monoisotopic (exact) mass is 243 g/mol. The molecule has 0 atom stereocenters. The number of anilines is 1. The van der Waals surface area contributed by atoms with Crippen molar-refractivity contribution >= 4 is 11.6 Å². The third-order valence-corrected chi connectivity index (χ3v) is 2.00. The average Bonchev–Trinajstić information content (AvgIpc) is 2.37. The molecular weight excluding hydrogens is 230 g/mol. The Labute approximate surface area is 105 Å². The summed E-state index contributed by atoms with van der Waals surface area (Å²) in [5.74, 6) is -0.406. The van der Waals surface area contributed by atoms with E-state index < -0.39 is 5.91 Å². The number of benzene rings is 1. The van der Waals surface area contributed by atoms with Crippen molar-refractivity contribution in [2.75, 3.05) is 11.9 Å². The molecule has 3 N–H and O–H groups in total. The van der Waals surface area contributed by atoms with Crippen molar-refractivity contribution in [1.82, 2.24) is 5.32 Å². The molecule has 0 fully saturated rings. The fourth-order valence-electron chi connectivity index (χ4n) is 1.14. The first-order valence-corrected chi connectivity index (χ1v) is 5.22. The lowest BCUT2D eigenvalue weighted by atomic mass is 10.2. The number of nitrogens with one attached hydrogen (secondary N) is 2. The van der Waals surface area contributed by atoms with Gasteiger partial charge >= 0.3 is 0 Å². The Bertz CT molecular complexity index is 498. The molecule has 0 aliphatic rings. The van der Waals surface area contributed by atoms with Crippen LogP contribution >= 0.6 is 0 Å². The number of nitriles is 1. The van der Waals surface area contributed by atoms with E-state index in [0.717, 1.165) is 0 Å². The van der Waals surface area contributed by atoms with Crippen LogP contribution in [0.3, 0.4) is 0 Å². The quantitative estimate of drug-likeness (QED) is 0.240. The Hall–Kier alpha value is -2.74. The Balaban J connectivity index is 2.68. The van der Waals surface area contributed by atoms with Gasteiger partial charge in [-0.2, -0.15) is 5.26 Å². The summed E-state index contributed by atoms with van der Waals surface area (Å²) in [6, 6.07) is 7.77. The summed E-state index contributed by atoms with van der Waals surface area (Å²) in [6.07, 6.45) is 2.95. The SMILES string of the molecule is C=CCN/C=C(/C#N)C(=O)Nc1ccc(O)cc1. The highest BCUT2D eigenvalue weighted by Crippen LogP contribution is 2.14. The van der Waals surface area contributed by atoms with E-state index in [-0.39, 0.29) is 11.3 Å². The first kappa shape index (κ1) is 13.3. The van der Waals surface area contributed by atoms with Crippen molar-refractivity contribution in [3.63, 3.8) is 0 Å². The summed E-state index contributed by atoms with van der Waals surface area (Å²) in [7, 11) is 0. The molecule has 0 saturated heterocycles. The normalized spacial score (nSPS) is 10.3. The number of rotatable bonds is 5. The van der Waals surface area contributed by atoms with E-state index in [1.807, 2.05) is 0 Å². The molecule has 0 heterocycles. The fraction of sp³-hybridized carbons (Fsp3) is 0.0769. The van der Waals surface area contributed by atoms with Crippen LogP contribution in [0.25, 0.3) is 0 Å². The highest BCUT2D eigenvalue weighted by atomic mass is 16.3. The molecule has 1 rings (SSSR count). The van der Waals surface area contributed by atoms with Crippen LogP contribution in [0, 0.1) is 11.3 Å². The molecule has 5 nitrogen and oxygen atoms in total. The van der Waals surface area contributed by atoms with E-state index in [1.54, 1.807) is 24.3 Å². The van der Waals surface area contributed by atoms with Crippen molar-refractivity contribution < 1.29 is 9.90 Å². The van der Waals surface area contributed by atoms with Gasteiger partial charge in [0.05, 0.1) is 0 Å². The Morgan fingerprint density at radius 1 is 1.44 bits per heavy atom. The number of amides is 1. The van der Waals surface area contributed by atoms with E-state index in [2.05, 4.69) is 17.2 Å². The zero-order valence-electron chi connectivity index (χ0n) is 9.68. The first-order valence-electron chi connectivity index (χ1n) is 5.22. The number of phenols is 1. The lowest BCUT2D eigenvalue weighted by Crippen LogP contribution is -2.16. The van der Waals surface area contributed by atoms with Crippen molar-refractivity contribution in [3.8, 4) is 11.8 Å². The highest BCUT2D eigenvalue weighted by molar-refractivity contribution is 6.06. The topological polar surface area (TPSA) is 85.2 Å². The van der Waals surface area contributed by atoms with Crippen LogP contribution in [0.5, 0.6) is 5.75 Å². The molecule has 1 aromatic rings. The number of hydrogen-bond acceptors (Lipinski definition) is 4. The van der Waals surface area contributed by atoms with E-state index in [4.69, 9.17) is 10.4 Å². The minimum Gasteiger partial charge on any atom is -0.508 e. The van der Waals surface area contributed by atoms with Crippen LogP contribution in [-0.2, 0) is 4.79 Å². The molecule has 92 valence electrons. The molecule has 5 heteroatoms. The van der Waals surface area contributed by atoms with E-state index in [0.29, 0.717) is 12.2 Å². The van der Waals surface area contributed by atoms with E-state index in [9.17, 15) is 4.79 Å². The summed E-state index contributed by atoms with van der Waals surface area (Å²) in [4.78, 5) is 11.7. The van der Waals surface area contributed by atoms with Crippen LogP contribution in [0.4, 0.5) is 5.69 Å². The van der Waals surface area contributed by atoms with Crippen LogP contribution in [-0.4, -0.2) is 17.6 Å². The van der Waals surface area contributed by atoms with E-state index >= 15 is 0 Å². The number of nitrogens with zero attached hydrogens (tertiary/aromatic N) is 1. The maximum Gasteiger partial charge on any atom is 0.267 e. The third kappa shape index (κ3) is 4.02. The second kappa shape index (κ2) is 6.76. The lowest BCUT2D eigenvalue weighted by molar-refractivity contribution is -0.112. The average molecular weight is 243 g/mol. The maximum absolute atomic E-state index is 11.7. The summed E-state index contributed by atoms with van der Waals surface area (Å²) in [5, 5.41) is 23.2. The zero-order valence-corrected chi connectivity index (χ0v) is 9.68. The molecule has 0 bridgehead atoms. The second-order valence-corrected chi connectivity index (χ2v) is 3.37. The zero-order chi connectivity index (χ0) is 13.4. The van der Waals surface area contributed by atoms with Gasteiger partial charge in [0.15, 0.2) is 0 Å². The molecular formula is C13H13N3O2.